The first kappa shape index (κ1) is 24.5. The molecule has 11 nitrogen and oxygen atoms in total. The zero-order chi connectivity index (χ0) is 22.7. The molecule has 0 saturated heterocycles. The normalized spacial score (nSPS) is 12.3. The van der Waals surface area contributed by atoms with Crippen LogP contribution in [-0.2, 0) is 28.7 Å². The molecule has 0 unspecified atom stereocenters. The van der Waals surface area contributed by atoms with Gasteiger partial charge in [0.25, 0.3) is 5.69 Å². The lowest BCUT2D eigenvalue weighted by Gasteiger charge is -2.24. The summed E-state index contributed by atoms with van der Waals surface area (Å²) < 4.78 is 9.60. The van der Waals surface area contributed by atoms with Crippen LogP contribution < -0.4 is 5.32 Å². The topological polar surface area (TPSA) is 162 Å². The van der Waals surface area contributed by atoms with E-state index in [1.165, 1.54) is 24.3 Å². The molecule has 0 radical (unpaired) electrons. The second-order valence-corrected chi connectivity index (χ2v) is 6.15. The summed E-state index contributed by atoms with van der Waals surface area (Å²) >= 11 is 0. The van der Waals surface area contributed by atoms with Gasteiger partial charge in [-0.15, -0.1) is 0 Å². The summed E-state index contributed by atoms with van der Waals surface area (Å²) in [5, 5.41) is 22.8. The molecule has 164 valence electrons. The molecular weight excluding hydrogens is 400 g/mol. The van der Waals surface area contributed by atoms with Crippen molar-refractivity contribution in [3.05, 3.63) is 39.9 Å². The molecule has 1 aromatic rings. The standard InChI is InChI=1S/C19H24N2O9/c1-3-29-16(23)10-9-15(22)20-18(19(25)26)14(11-17(24)30-4-2)12-5-7-13(8-6-12)21(27)28/h5-8,14,18H,3-4,9-11H2,1-2H3,(H,20,22)(H,25,26)/t14-,18-/m0/s1. The van der Waals surface area contributed by atoms with E-state index in [1.54, 1.807) is 13.8 Å². The molecule has 0 aliphatic heterocycles. The SMILES string of the molecule is CCOC(=O)CCC(=O)N[C@H](C(=O)O)[C@@H](CC(=O)OCC)c1ccc([N+](=O)[O-])cc1. The quantitative estimate of drug-likeness (QED) is 0.288. The van der Waals surface area contributed by atoms with Crippen LogP contribution in [0.5, 0.6) is 0 Å². The molecule has 2 atom stereocenters. The number of carbonyl (C=O) groups excluding carboxylic acids is 3. The van der Waals surface area contributed by atoms with Gasteiger partial charge in [0, 0.05) is 24.5 Å². The predicted molar refractivity (Wildman–Crippen MR) is 103 cm³/mol. The van der Waals surface area contributed by atoms with Gasteiger partial charge >= 0.3 is 17.9 Å². The Labute approximate surface area is 172 Å². The summed E-state index contributed by atoms with van der Waals surface area (Å²) in [6.45, 7) is 3.43. The van der Waals surface area contributed by atoms with Gasteiger partial charge in [-0.1, -0.05) is 12.1 Å². The number of amides is 1. The fourth-order valence-electron chi connectivity index (χ4n) is 2.70. The summed E-state index contributed by atoms with van der Waals surface area (Å²) in [5.41, 5.74) is 0.0886. The lowest BCUT2D eigenvalue weighted by atomic mass is 9.88. The second kappa shape index (κ2) is 12.1. The van der Waals surface area contributed by atoms with Crippen molar-refractivity contribution in [2.45, 2.75) is 45.1 Å². The number of nitro groups is 1. The van der Waals surface area contributed by atoms with Crippen LogP contribution in [0.25, 0.3) is 0 Å². The fourth-order valence-corrected chi connectivity index (χ4v) is 2.70. The van der Waals surface area contributed by atoms with Crippen LogP contribution in [0, 0.1) is 10.1 Å². The first-order chi connectivity index (χ1) is 14.2. The van der Waals surface area contributed by atoms with E-state index in [2.05, 4.69) is 5.32 Å². The molecule has 0 bridgehead atoms. The Hall–Kier alpha value is -3.50. The van der Waals surface area contributed by atoms with Gasteiger partial charge in [0.15, 0.2) is 0 Å². The van der Waals surface area contributed by atoms with Gasteiger partial charge in [-0.3, -0.25) is 24.5 Å². The Morgan fingerprint density at radius 3 is 2.10 bits per heavy atom. The second-order valence-electron chi connectivity index (χ2n) is 6.15. The van der Waals surface area contributed by atoms with E-state index in [9.17, 15) is 34.4 Å². The third-order valence-electron chi connectivity index (χ3n) is 4.07. The summed E-state index contributed by atoms with van der Waals surface area (Å²) in [5.74, 6) is -4.46. The number of nitro benzene ring substituents is 1. The van der Waals surface area contributed by atoms with Crippen molar-refractivity contribution in [1.82, 2.24) is 5.32 Å². The van der Waals surface area contributed by atoms with Gasteiger partial charge < -0.3 is 19.9 Å². The molecule has 0 aromatic heterocycles. The highest BCUT2D eigenvalue weighted by molar-refractivity contribution is 5.87. The number of ether oxygens (including phenoxy) is 2. The number of aliphatic carboxylic acids is 1. The first-order valence-electron chi connectivity index (χ1n) is 9.27. The number of carbonyl (C=O) groups is 4. The molecule has 11 heteroatoms. The Morgan fingerprint density at radius 2 is 1.60 bits per heavy atom. The van der Waals surface area contributed by atoms with E-state index in [4.69, 9.17) is 9.47 Å². The smallest absolute Gasteiger partial charge is 0.326 e. The van der Waals surface area contributed by atoms with Gasteiger partial charge in [0.2, 0.25) is 5.91 Å². The molecule has 0 aliphatic rings. The minimum atomic E-state index is -1.52. The zero-order valence-corrected chi connectivity index (χ0v) is 16.7. The monoisotopic (exact) mass is 424 g/mol. The van der Waals surface area contributed by atoms with E-state index in [0.29, 0.717) is 5.56 Å². The third kappa shape index (κ3) is 7.86. The van der Waals surface area contributed by atoms with Gasteiger partial charge in [0.05, 0.1) is 31.0 Å². The highest BCUT2D eigenvalue weighted by atomic mass is 16.6. The molecule has 30 heavy (non-hydrogen) atoms. The number of benzene rings is 1. The number of carboxylic acid groups (broad SMARTS) is 1. The molecule has 0 fully saturated rings. The maximum atomic E-state index is 12.2. The highest BCUT2D eigenvalue weighted by Crippen LogP contribution is 2.27. The summed E-state index contributed by atoms with van der Waals surface area (Å²) in [7, 11) is 0. The van der Waals surface area contributed by atoms with Crippen LogP contribution in [0.2, 0.25) is 0 Å². The zero-order valence-electron chi connectivity index (χ0n) is 16.7. The van der Waals surface area contributed by atoms with E-state index in [0.717, 1.165) is 0 Å². The predicted octanol–water partition coefficient (Wildman–Crippen LogP) is 1.54. The number of esters is 2. The first-order valence-corrected chi connectivity index (χ1v) is 9.27. The van der Waals surface area contributed by atoms with Gasteiger partial charge in [0.1, 0.15) is 6.04 Å². The number of nitrogens with one attached hydrogen (secondary N) is 1. The lowest BCUT2D eigenvalue weighted by Crippen LogP contribution is -2.45. The molecule has 1 rings (SSSR count). The fraction of sp³-hybridized carbons (Fsp3) is 0.474. The Bertz CT molecular complexity index is 777. The van der Waals surface area contributed by atoms with Crippen LogP contribution in [0.15, 0.2) is 24.3 Å². The van der Waals surface area contributed by atoms with Crippen molar-refractivity contribution in [2.24, 2.45) is 0 Å². The number of carboxylic acids is 1. The average molecular weight is 424 g/mol. The third-order valence-corrected chi connectivity index (χ3v) is 4.07. The molecule has 1 aromatic carbocycles. The van der Waals surface area contributed by atoms with Crippen molar-refractivity contribution in [2.75, 3.05) is 13.2 Å². The molecule has 2 N–H and O–H groups in total. The summed E-state index contributed by atoms with van der Waals surface area (Å²) in [4.78, 5) is 57.6. The Morgan fingerprint density at radius 1 is 1.03 bits per heavy atom. The van der Waals surface area contributed by atoms with E-state index >= 15 is 0 Å². The molecular formula is C19H24N2O9. The van der Waals surface area contributed by atoms with E-state index < -0.39 is 40.7 Å². The number of rotatable bonds is 12. The van der Waals surface area contributed by atoms with E-state index in [1.807, 2.05) is 0 Å². The average Bonchev–Trinajstić information content (AvgIpc) is 2.69. The van der Waals surface area contributed by atoms with E-state index in [-0.39, 0.29) is 38.2 Å². The molecule has 0 aliphatic carbocycles. The van der Waals surface area contributed by atoms with Crippen molar-refractivity contribution < 1.29 is 38.7 Å². The van der Waals surface area contributed by atoms with Crippen molar-refractivity contribution in [3.8, 4) is 0 Å². The lowest BCUT2D eigenvalue weighted by molar-refractivity contribution is -0.384. The van der Waals surface area contributed by atoms with Gasteiger partial charge in [-0.2, -0.15) is 0 Å². The Kier molecular flexibility index (Phi) is 9.93. The van der Waals surface area contributed by atoms with Gasteiger partial charge in [-0.05, 0) is 19.4 Å². The number of non-ortho nitro benzene ring substituents is 1. The summed E-state index contributed by atoms with van der Waals surface area (Å²) in [6.07, 6.45) is -0.901. The number of hydrogen-bond donors (Lipinski definition) is 2. The van der Waals surface area contributed by atoms with Crippen LogP contribution in [0.1, 0.15) is 44.6 Å². The molecule has 0 spiro atoms. The van der Waals surface area contributed by atoms with Crippen LogP contribution >= 0.6 is 0 Å². The molecule has 0 heterocycles. The minimum absolute atomic E-state index is 0.0788. The summed E-state index contributed by atoms with van der Waals surface area (Å²) in [6, 6.07) is 3.47. The molecule has 0 saturated carbocycles. The van der Waals surface area contributed by atoms with Gasteiger partial charge in [-0.25, -0.2) is 4.79 Å². The maximum Gasteiger partial charge on any atom is 0.326 e. The Balaban J connectivity index is 3.07. The molecule has 1 amide bonds. The van der Waals surface area contributed by atoms with Crippen molar-refractivity contribution in [1.29, 1.82) is 0 Å². The largest absolute Gasteiger partial charge is 0.480 e. The van der Waals surface area contributed by atoms with Crippen LogP contribution in [-0.4, -0.2) is 53.1 Å². The number of hydrogen-bond acceptors (Lipinski definition) is 8. The van der Waals surface area contributed by atoms with Crippen LogP contribution in [0.3, 0.4) is 0 Å². The van der Waals surface area contributed by atoms with Crippen molar-refractivity contribution in [3.63, 3.8) is 0 Å². The highest BCUT2D eigenvalue weighted by Gasteiger charge is 2.33. The number of nitrogens with zero attached hydrogens (tertiary/aromatic N) is 1. The van der Waals surface area contributed by atoms with Crippen LogP contribution in [0.4, 0.5) is 5.69 Å². The minimum Gasteiger partial charge on any atom is -0.480 e. The van der Waals surface area contributed by atoms with Crippen molar-refractivity contribution >= 4 is 29.5 Å². The maximum absolute atomic E-state index is 12.2.